The maximum absolute atomic E-state index is 14.8. The molecular weight excluding hydrogens is 450 g/mol. The van der Waals surface area contributed by atoms with E-state index in [0.29, 0.717) is 35.7 Å². The lowest BCUT2D eigenvalue weighted by molar-refractivity contribution is 0.0941. The fraction of sp³-hybridized carbons (Fsp3) is 0.346. The first-order chi connectivity index (χ1) is 16.8. The van der Waals surface area contributed by atoms with Crippen molar-refractivity contribution in [2.75, 3.05) is 43.4 Å². The molecule has 2 aromatic carbocycles. The normalized spacial score (nSPS) is 16.4. The van der Waals surface area contributed by atoms with Crippen LogP contribution in [0.3, 0.4) is 0 Å². The smallest absolute Gasteiger partial charge is 0.254 e. The van der Waals surface area contributed by atoms with Gasteiger partial charge in [-0.2, -0.15) is 9.37 Å². The number of anilines is 2. The predicted octanol–water partition coefficient (Wildman–Crippen LogP) is 3.49. The van der Waals surface area contributed by atoms with E-state index in [1.807, 2.05) is 24.3 Å². The molecule has 2 aliphatic heterocycles. The molecule has 1 aromatic heterocycles. The Labute approximate surface area is 203 Å². The number of benzene rings is 2. The number of rotatable bonds is 4. The van der Waals surface area contributed by atoms with Gasteiger partial charge in [0.1, 0.15) is 17.2 Å². The van der Waals surface area contributed by atoms with Crippen molar-refractivity contribution in [3.63, 3.8) is 0 Å². The summed E-state index contributed by atoms with van der Waals surface area (Å²) in [5, 5.41) is 2.64. The van der Waals surface area contributed by atoms with Gasteiger partial charge >= 0.3 is 0 Å². The van der Waals surface area contributed by atoms with Gasteiger partial charge in [-0.25, -0.2) is 9.37 Å². The lowest BCUT2D eigenvalue weighted by Crippen LogP contribution is -2.48. The average Bonchev–Trinajstić information content (AvgIpc) is 2.84. The molecule has 1 fully saturated rings. The van der Waals surface area contributed by atoms with E-state index in [0.717, 1.165) is 31.9 Å². The molecule has 0 aliphatic carbocycles. The summed E-state index contributed by atoms with van der Waals surface area (Å²) in [5.74, 6) is -2.03. The number of piperazine rings is 1. The summed E-state index contributed by atoms with van der Waals surface area (Å²) in [4.78, 5) is 25.1. The minimum Gasteiger partial charge on any atom is -0.382 e. The van der Waals surface area contributed by atoms with E-state index in [1.54, 1.807) is 6.07 Å². The summed E-state index contributed by atoms with van der Waals surface area (Å²) in [6, 6.07) is 10.9. The number of halogens is 2. The molecule has 0 unspecified atom stereocenters. The van der Waals surface area contributed by atoms with Crippen LogP contribution in [0, 0.1) is 11.8 Å². The highest BCUT2D eigenvalue weighted by Gasteiger charge is 2.24. The second kappa shape index (κ2) is 9.22. The molecule has 0 atom stereocenters. The highest BCUT2D eigenvalue weighted by molar-refractivity contribution is 5.97. The van der Waals surface area contributed by atoms with Crippen molar-refractivity contribution < 1.29 is 13.6 Å². The lowest BCUT2D eigenvalue weighted by atomic mass is 9.96. The zero-order valence-corrected chi connectivity index (χ0v) is 19.8. The van der Waals surface area contributed by atoms with Gasteiger partial charge in [0.25, 0.3) is 5.91 Å². The minimum atomic E-state index is -0.789. The van der Waals surface area contributed by atoms with E-state index in [9.17, 15) is 13.6 Å². The van der Waals surface area contributed by atoms with Crippen LogP contribution in [0.25, 0.3) is 22.5 Å². The molecule has 5 rings (SSSR count). The fourth-order valence-corrected chi connectivity index (χ4v) is 4.80. The summed E-state index contributed by atoms with van der Waals surface area (Å²) in [6.45, 7) is 8.69. The van der Waals surface area contributed by atoms with Crippen molar-refractivity contribution >= 4 is 17.4 Å². The number of amides is 1. The second-order valence-electron chi connectivity index (χ2n) is 9.26. The minimum absolute atomic E-state index is 0.0266. The third kappa shape index (κ3) is 4.43. The van der Waals surface area contributed by atoms with Gasteiger partial charge in [0.2, 0.25) is 5.95 Å². The van der Waals surface area contributed by atoms with Gasteiger partial charge in [-0.05, 0) is 50.1 Å². The van der Waals surface area contributed by atoms with Crippen molar-refractivity contribution in [2.24, 2.45) is 0 Å². The van der Waals surface area contributed by atoms with Crippen LogP contribution in [0.5, 0.6) is 0 Å². The van der Waals surface area contributed by atoms with E-state index in [4.69, 9.17) is 5.73 Å². The molecular formula is C26H28F2N6O. The van der Waals surface area contributed by atoms with Crippen molar-refractivity contribution in [3.05, 3.63) is 59.3 Å². The Balaban J connectivity index is 1.44. The number of carbonyl (C=O) groups is 1. The summed E-state index contributed by atoms with van der Waals surface area (Å²) >= 11 is 0. The number of aromatic nitrogens is 2. The van der Waals surface area contributed by atoms with Gasteiger partial charge in [-0.15, -0.1) is 0 Å². The zero-order chi connectivity index (χ0) is 24.7. The molecule has 182 valence electrons. The zero-order valence-electron chi connectivity index (χ0n) is 19.8. The van der Waals surface area contributed by atoms with Gasteiger partial charge in [-0.1, -0.05) is 12.1 Å². The first-order valence-corrected chi connectivity index (χ1v) is 11.8. The molecule has 35 heavy (non-hydrogen) atoms. The SMILES string of the molecule is CC(C)N1CCN(c2ccc(-c3nc(-c4cc(F)c5c(c4)CCNC5=O)c(N)nc3F)cc2)CC1. The van der Waals surface area contributed by atoms with Crippen LogP contribution in [-0.2, 0) is 6.42 Å². The van der Waals surface area contributed by atoms with Crippen LogP contribution in [0.4, 0.5) is 20.3 Å². The summed E-state index contributed by atoms with van der Waals surface area (Å²) in [6.07, 6.45) is 0.486. The topological polar surface area (TPSA) is 87.4 Å². The maximum Gasteiger partial charge on any atom is 0.254 e. The van der Waals surface area contributed by atoms with Crippen molar-refractivity contribution in [2.45, 2.75) is 26.3 Å². The quantitative estimate of drug-likeness (QED) is 0.597. The van der Waals surface area contributed by atoms with Crippen LogP contribution in [0.1, 0.15) is 29.8 Å². The van der Waals surface area contributed by atoms with Crippen LogP contribution < -0.4 is 16.0 Å². The van der Waals surface area contributed by atoms with Crippen LogP contribution in [0.2, 0.25) is 0 Å². The third-order valence-corrected chi connectivity index (χ3v) is 6.78. The average molecular weight is 479 g/mol. The number of carbonyl (C=O) groups excluding carboxylic acids is 1. The number of hydrogen-bond acceptors (Lipinski definition) is 6. The molecule has 3 aromatic rings. The summed E-state index contributed by atoms with van der Waals surface area (Å²) in [5.41, 5.74) is 8.78. The first-order valence-electron chi connectivity index (χ1n) is 11.8. The Morgan fingerprint density at radius 1 is 0.971 bits per heavy atom. The van der Waals surface area contributed by atoms with Gasteiger partial charge in [-0.3, -0.25) is 9.69 Å². The molecule has 1 saturated heterocycles. The lowest BCUT2D eigenvalue weighted by Gasteiger charge is -2.38. The molecule has 0 saturated carbocycles. The molecule has 3 heterocycles. The number of nitrogens with one attached hydrogen (secondary N) is 1. The highest BCUT2D eigenvalue weighted by Crippen LogP contribution is 2.32. The van der Waals surface area contributed by atoms with Crippen LogP contribution >= 0.6 is 0 Å². The Hall–Kier alpha value is -3.59. The Morgan fingerprint density at radius 2 is 1.69 bits per heavy atom. The number of nitrogen functional groups attached to an aromatic ring is 1. The van der Waals surface area contributed by atoms with Crippen LogP contribution in [-0.4, -0.2) is 59.5 Å². The Kier molecular flexibility index (Phi) is 6.10. The monoisotopic (exact) mass is 478 g/mol. The predicted molar refractivity (Wildman–Crippen MR) is 132 cm³/mol. The Morgan fingerprint density at radius 3 is 2.37 bits per heavy atom. The molecule has 1 amide bonds. The highest BCUT2D eigenvalue weighted by atomic mass is 19.1. The number of nitrogens with zero attached hydrogens (tertiary/aromatic N) is 4. The van der Waals surface area contributed by atoms with Crippen molar-refractivity contribution in [1.82, 2.24) is 20.2 Å². The standard InChI is InChI=1S/C26H28F2N6O/c1-15(2)33-9-11-34(12-10-33)19-5-3-16(4-6-19)22-24(28)32-25(29)23(31-22)18-13-17-7-8-30-26(35)21(17)20(27)14-18/h3-6,13-15H,7-12H2,1-2H3,(H2,29,32)(H,30,35). The van der Waals surface area contributed by atoms with Crippen molar-refractivity contribution in [1.29, 1.82) is 0 Å². The molecule has 0 spiro atoms. The Bertz CT molecular complexity index is 1270. The molecule has 2 aliphatic rings. The van der Waals surface area contributed by atoms with Gasteiger partial charge in [0.15, 0.2) is 5.82 Å². The number of nitrogens with two attached hydrogens (primary N) is 1. The molecule has 7 nitrogen and oxygen atoms in total. The van der Waals surface area contributed by atoms with Crippen LogP contribution in [0.15, 0.2) is 36.4 Å². The largest absolute Gasteiger partial charge is 0.382 e. The maximum atomic E-state index is 14.8. The third-order valence-electron chi connectivity index (χ3n) is 6.78. The molecule has 0 radical (unpaired) electrons. The van der Waals surface area contributed by atoms with E-state index >= 15 is 0 Å². The van der Waals surface area contributed by atoms with Gasteiger partial charge in [0.05, 0.1) is 5.56 Å². The number of fused-ring (bicyclic) bond motifs is 1. The van der Waals surface area contributed by atoms with Gasteiger partial charge < -0.3 is 16.0 Å². The summed E-state index contributed by atoms with van der Waals surface area (Å²) < 4.78 is 29.6. The molecule has 9 heteroatoms. The number of hydrogen-bond donors (Lipinski definition) is 2. The van der Waals surface area contributed by atoms with E-state index in [1.165, 1.54) is 6.07 Å². The first kappa shape index (κ1) is 23.2. The van der Waals surface area contributed by atoms with Gasteiger partial charge in [0, 0.05) is 55.6 Å². The van der Waals surface area contributed by atoms with E-state index in [2.05, 4.69) is 38.9 Å². The summed E-state index contributed by atoms with van der Waals surface area (Å²) in [7, 11) is 0. The second-order valence-corrected chi connectivity index (χ2v) is 9.26. The van der Waals surface area contributed by atoms with Crippen molar-refractivity contribution in [3.8, 4) is 22.5 Å². The van der Waals surface area contributed by atoms with E-state index in [-0.39, 0.29) is 22.8 Å². The molecule has 3 N–H and O–H groups in total. The van der Waals surface area contributed by atoms with E-state index < -0.39 is 17.7 Å². The molecule has 0 bridgehead atoms. The fourth-order valence-electron chi connectivity index (χ4n) is 4.80.